The van der Waals surface area contributed by atoms with E-state index in [0.29, 0.717) is 12.4 Å². The first-order valence-electron chi connectivity index (χ1n) is 5.45. The SMILES string of the molecule is COCCc1nn(C)c(N)c1-c1ccccn1. The van der Waals surface area contributed by atoms with Gasteiger partial charge >= 0.3 is 0 Å². The molecule has 0 spiro atoms. The fourth-order valence-electron chi connectivity index (χ4n) is 1.76. The maximum Gasteiger partial charge on any atom is 0.131 e. The van der Waals surface area contributed by atoms with Crippen molar-refractivity contribution in [2.75, 3.05) is 19.5 Å². The summed E-state index contributed by atoms with van der Waals surface area (Å²) in [7, 11) is 3.50. The maximum atomic E-state index is 6.03. The summed E-state index contributed by atoms with van der Waals surface area (Å²) in [6.07, 6.45) is 2.48. The van der Waals surface area contributed by atoms with E-state index in [1.165, 1.54) is 0 Å². The molecule has 0 saturated carbocycles. The number of nitrogens with zero attached hydrogens (tertiary/aromatic N) is 3. The summed E-state index contributed by atoms with van der Waals surface area (Å²) < 4.78 is 6.75. The van der Waals surface area contributed by atoms with Gasteiger partial charge in [-0.15, -0.1) is 0 Å². The second kappa shape index (κ2) is 4.97. The fourth-order valence-corrected chi connectivity index (χ4v) is 1.76. The molecule has 17 heavy (non-hydrogen) atoms. The Kier molecular flexibility index (Phi) is 3.39. The minimum Gasteiger partial charge on any atom is -0.384 e. The number of pyridine rings is 1. The Morgan fingerprint density at radius 3 is 2.88 bits per heavy atom. The lowest BCUT2D eigenvalue weighted by Gasteiger charge is -2.02. The van der Waals surface area contributed by atoms with Crippen molar-refractivity contribution < 1.29 is 4.74 Å². The summed E-state index contributed by atoms with van der Waals surface area (Å²) in [5.41, 5.74) is 8.71. The van der Waals surface area contributed by atoms with Crippen LogP contribution in [0.4, 0.5) is 5.82 Å². The van der Waals surface area contributed by atoms with E-state index in [0.717, 1.165) is 23.4 Å². The van der Waals surface area contributed by atoms with E-state index >= 15 is 0 Å². The van der Waals surface area contributed by atoms with Crippen LogP contribution in [0.15, 0.2) is 24.4 Å². The molecule has 0 amide bonds. The van der Waals surface area contributed by atoms with Crippen LogP contribution in [0.25, 0.3) is 11.3 Å². The number of nitrogens with two attached hydrogens (primary N) is 1. The Labute approximate surface area is 100 Å². The van der Waals surface area contributed by atoms with Gasteiger partial charge in [-0.3, -0.25) is 9.67 Å². The van der Waals surface area contributed by atoms with Gasteiger partial charge in [0.15, 0.2) is 0 Å². The van der Waals surface area contributed by atoms with Crippen LogP contribution in [0, 0.1) is 0 Å². The topological polar surface area (TPSA) is 66.0 Å². The van der Waals surface area contributed by atoms with Gasteiger partial charge in [0.1, 0.15) is 5.82 Å². The molecule has 0 radical (unpaired) electrons. The van der Waals surface area contributed by atoms with E-state index < -0.39 is 0 Å². The Morgan fingerprint density at radius 2 is 2.24 bits per heavy atom. The third-order valence-electron chi connectivity index (χ3n) is 2.63. The molecule has 0 aliphatic rings. The smallest absolute Gasteiger partial charge is 0.131 e. The molecule has 2 N–H and O–H groups in total. The average molecular weight is 232 g/mol. The summed E-state index contributed by atoms with van der Waals surface area (Å²) in [5, 5.41) is 4.40. The molecule has 0 aromatic carbocycles. The number of hydrogen-bond donors (Lipinski definition) is 1. The second-order valence-corrected chi connectivity index (χ2v) is 3.79. The van der Waals surface area contributed by atoms with Crippen LogP contribution in [-0.2, 0) is 18.2 Å². The van der Waals surface area contributed by atoms with Crippen molar-refractivity contribution in [1.82, 2.24) is 14.8 Å². The Hall–Kier alpha value is -1.88. The van der Waals surface area contributed by atoms with Crippen LogP contribution in [-0.4, -0.2) is 28.5 Å². The molecule has 2 aromatic heterocycles. The van der Waals surface area contributed by atoms with Crippen molar-refractivity contribution >= 4 is 5.82 Å². The molecule has 0 unspecified atom stereocenters. The van der Waals surface area contributed by atoms with Gasteiger partial charge in [-0.25, -0.2) is 0 Å². The zero-order valence-corrected chi connectivity index (χ0v) is 10.1. The van der Waals surface area contributed by atoms with Crippen LogP contribution in [0.2, 0.25) is 0 Å². The number of aryl methyl sites for hydroxylation is 1. The van der Waals surface area contributed by atoms with Crippen molar-refractivity contribution in [3.63, 3.8) is 0 Å². The number of nitrogen functional groups attached to an aromatic ring is 1. The molecule has 5 nitrogen and oxygen atoms in total. The quantitative estimate of drug-likeness (QED) is 0.861. The summed E-state index contributed by atoms with van der Waals surface area (Å²) in [6.45, 7) is 0.621. The third-order valence-corrected chi connectivity index (χ3v) is 2.63. The highest BCUT2D eigenvalue weighted by molar-refractivity contribution is 5.73. The van der Waals surface area contributed by atoms with Crippen molar-refractivity contribution in [2.45, 2.75) is 6.42 Å². The van der Waals surface area contributed by atoms with Crippen molar-refractivity contribution in [3.8, 4) is 11.3 Å². The average Bonchev–Trinajstić information content (AvgIpc) is 2.64. The number of anilines is 1. The first-order valence-corrected chi connectivity index (χ1v) is 5.45. The van der Waals surface area contributed by atoms with Crippen LogP contribution >= 0.6 is 0 Å². The van der Waals surface area contributed by atoms with Gasteiger partial charge in [-0.1, -0.05) is 6.07 Å². The van der Waals surface area contributed by atoms with Gasteiger partial charge in [0, 0.05) is 26.8 Å². The van der Waals surface area contributed by atoms with E-state index in [-0.39, 0.29) is 0 Å². The highest BCUT2D eigenvalue weighted by atomic mass is 16.5. The molecular formula is C12H16N4O. The number of rotatable bonds is 4. The number of hydrogen-bond acceptors (Lipinski definition) is 4. The number of methoxy groups -OCH3 is 1. The zero-order chi connectivity index (χ0) is 12.3. The van der Waals surface area contributed by atoms with Crippen molar-refractivity contribution in [2.24, 2.45) is 7.05 Å². The second-order valence-electron chi connectivity index (χ2n) is 3.79. The molecule has 0 aliphatic heterocycles. The molecule has 90 valence electrons. The van der Waals surface area contributed by atoms with Gasteiger partial charge < -0.3 is 10.5 Å². The summed E-state index contributed by atoms with van der Waals surface area (Å²) in [5.74, 6) is 0.634. The Balaban J connectivity index is 2.44. The van der Waals surface area contributed by atoms with Crippen molar-refractivity contribution in [3.05, 3.63) is 30.1 Å². The molecule has 0 fully saturated rings. The fraction of sp³-hybridized carbons (Fsp3) is 0.333. The first kappa shape index (κ1) is 11.6. The highest BCUT2D eigenvalue weighted by Crippen LogP contribution is 2.27. The zero-order valence-electron chi connectivity index (χ0n) is 10.1. The predicted octanol–water partition coefficient (Wildman–Crippen LogP) is 1.25. The monoisotopic (exact) mass is 232 g/mol. The minimum atomic E-state index is 0.621. The molecule has 0 atom stereocenters. The van der Waals surface area contributed by atoms with Crippen LogP contribution in [0.5, 0.6) is 0 Å². The van der Waals surface area contributed by atoms with Gasteiger partial charge in [-0.05, 0) is 12.1 Å². The van der Waals surface area contributed by atoms with Gasteiger partial charge in [0.05, 0.1) is 23.6 Å². The number of ether oxygens (including phenoxy) is 1. The predicted molar refractivity (Wildman–Crippen MR) is 66.4 cm³/mol. The van der Waals surface area contributed by atoms with Crippen LogP contribution < -0.4 is 5.73 Å². The standard InChI is InChI=1S/C12H16N4O/c1-16-12(13)11(9-5-3-4-7-14-9)10(15-16)6-8-17-2/h3-5,7H,6,8,13H2,1-2H3. The van der Waals surface area contributed by atoms with Gasteiger partial charge in [0.2, 0.25) is 0 Å². The lowest BCUT2D eigenvalue weighted by Crippen LogP contribution is -1.98. The molecule has 0 saturated heterocycles. The van der Waals surface area contributed by atoms with E-state index in [1.807, 2.05) is 25.2 Å². The van der Waals surface area contributed by atoms with E-state index in [1.54, 1.807) is 18.0 Å². The lowest BCUT2D eigenvalue weighted by molar-refractivity contribution is 0.201. The summed E-state index contributed by atoms with van der Waals surface area (Å²) in [6, 6.07) is 5.75. The lowest BCUT2D eigenvalue weighted by atomic mass is 10.1. The van der Waals surface area contributed by atoms with E-state index in [4.69, 9.17) is 10.5 Å². The minimum absolute atomic E-state index is 0.621. The molecule has 5 heteroatoms. The first-order chi connectivity index (χ1) is 8.24. The Bertz CT molecular complexity index is 493. The normalized spacial score (nSPS) is 10.7. The van der Waals surface area contributed by atoms with E-state index in [9.17, 15) is 0 Å². The Morgan fingerprint density at radius 1 is 1.41 bits per heavy atom. The van der Waals surface area contributed by atoms with E-state index in [2.05, 4.69) is 10.1 Å². The molecule has 0 aliphatic carbocycles. The van der Waals surface area contributed by atoms with Crippen LogP contribution in [0.3, 0.4) is 0 Å². The third kappa shape index (κ3) is 2.29. The molecule has 2 rings (SSSR count). The number of aromatic nitrogens is 3. The largest absolute Gasteiger partial charge is 0.384 e. The molecule has 2 heterocycles. The summed E-state index contributed by atoms with van der Waals surface area (Å²) >= 11 is 0. The molecule has 2 aromatic rings. The maximum absolute atomic E-state index is 6.03. The van der Waals surface area contributed by atoms with Crippen LogP contribution in [0.1, 0.15) is 5.69 Å². The molecule has 0 bridgehead atoms. The molecular weight excluding hydrogens is 216 g/mol. The van der Waals surface area contributed by atoms with Gasteiger partial charge in [-0.2, -0.15) is 5.10 Å². The van der Waals surface area contributed by atoms with Gasteiger partial charge in [0.25, 0.3) is 0 Å². The van der Waals surface area contributed by atoms with Crippen molar-refractivity contribution in [1.29, 1.82) is 0 Å². The highest BCUT2D eigenvalue weighted by Gasteiger charge is 2.15. The summed E-state index contributed by atoms with van der Waals surface area (Å²) in [4.78, 5) is 4.32.